The first-order chi connectivity index (χ1) is 13.1. The van der Waals surface area contributed by atoms with Gasteiger partial charge in [-0.3, -0.25) is 9.59 Å². The number of nitrogens with one attached hydrogen (secondary N) is 1. The summed E-state index contributed by atoms with van der Waals surface area (Å²) in [5.41, 5.74) is 0.545. The zero-order valence-corrected chi connectivity index (χ0v) is 16.3. The van der Waals surface area contributed by atoms with E-state index in [0.29, 0.717) is 37.7 Å². The summed E-state index contributed by atoms with van der Waals surface area (Å²) in [6.07, 6.45) is 5.47. The molecule has 2 aliphatic heterocycles. The van der Waals surface area contributed by atoms with Crippen LogP contribution in [0.5, 0.6) is 0 Å². The smallest absolute Gasteiger partial charge is 0.230 e. The number of hydrogen-bond donors (Lipinski definition) is 1. The predicted molar refractivity (Wildman–Crippen MR) is 103 cm³/mol. The predicted octanol–water partition coefficient (Wildman–Crippen LogP) is 2.81. The Labute approximate surface area is 165 Å². The van der Waals surface area contributed by atoms with E-state index in [-0.39, 0.29) is 23.8 Å². The Morgan fingerprint density at radius 3 is 2.37 bits per heavy atom. The molecule has 0 unspecified atom stereocenters. The molecule has 2 saturated heterocycles. The first kappa shape index (κ1) is 18.8. The number of amides is 2. The summed E-state index contributed by atoms with van der Waals surface area (Å²) in [5.74, 6) is 0.478. The topological polar surface area (TPSA) is 58.6 Å². The summed E-state index contributed by atoms with van der Waals surface area (Å²) in [6.45, 7) is 2.42. The standard InChI is InChI=1S/C21H27ClN2O3/c22-17-6-4-15(5-7-17)12-21(20(26)23-18-8-10-27-11-9-18)13-24(14-21)19(25)16-2-1-3-16/h4-7,16,18H,1-3,8-14H2,(H,23,26). The second-order valence-electron chi connectivity index (χ2n) is 8.27. The fourth-order valence-electron chi connectivity index (χ4n) is 4.26. The van der Waals surface area contributed by atoms with E-state index >= 15 is 0 Å². The molecule has 3 fully saturated rings. The lowest BCUT2D eigenvalue weighted by molar-refractivity contribution is -0.158. The van der Waals surface area contributed by atoms with Crippen molar-refractivity contribution in [3.63, 3.8) is 0 Å². The maximum Gasteiger partial charge on any atom is 0.230 e. The quantitative estimate of drug-likeness (QED) is 0.841. The first-order valence-electron chi connectivity index (χ1n) is 9.98. The molecular weight excluding hydrogens is 364 g/mol. The highest BCUT2D eigenvalue weighted by atomic mass is 35.5. The number of carbonyl (C=O) groups is 2. The molecule has 6 heteroatoms. The molecule has 146 valence electrons. The average Bonchev–Trinajstić information content (AvgIpc) is 2.58. The largest absolute Gasteiger partial charge is 0.381 e. The van der Waals surface area contributed by atoms with E-state index in [2.05, 4.69) is 5.32 Å². The Hall–Kier alpha value is -1.59. The van der Waals surface area contributed by atoms with Gasteiger partial charge in [0.15, 0.2) is 0 Å². The van der Waals surface area contributed by atoms with Gasteiger partial charge < -0.3 is 15.0 Å². The van der Waals surface area contributed by atoms with Crippen molar-refractivity contribution >= 4 is 23.4 Å². The summed E-state index contributed by atoms with van der Waals surface area (Å²) < 4.78 is 5.39. The van der Waals surface area contributed by atoms with Crippen LogP contribution in [0, 0.1) is 11.3 Å². The lowest BCUT2D eigenvalue weighted by Crippen LogP contribution is -2.67. The van der Waals surface area contributed by atoms with Gasteiger partial charge in [0.05, 0.1) is 5.41 Å². The van der Waals surface area contributed by atoms with E-state index in [1.54, 1.807) is 0 Å². The number of carbonyl (C=O) groups excluding carboxylic acids is 2. The highest BCUT2D eigenvalue weighted by molar-refractivity contribution is 6.30. The van der Waals surface area contributed by atoms with E-state index in [4.69, 9.17) is 16.3 Å². The minimum Gasteiger partial charge on any atom is -0.381 e. The van der Waals surface area contributed by atoms with E-state index in [1.807, 2.05) is 29.2 Å². The van der Waals surface area contributed by atoms with Crippen molar-refractivity contribution in [2.75, 3.05) is 26.3 Å². The zero-order chi connectivity index (χ0) is 18.9. The van der Waals surface area contributed by atoms with Crippen LogP contribution in [0.1, 0.15) is 37.7 Å². The molecule has 3 aliphatic rings. The molecule has 0 atom stereocenters. The van der Waals surface area contributed by atoms with Crippen molar-refractivity contribution in [2.24, 2.45) is 11.3 Å². The average molecular weight is 391 g/mol. The first-order valence-corrected chi connectivity index (χ1v) is 10.4. The maximum absolute atomic E-state index is 13.2. The van der Waals surface area contributed by atoms with Gasteiger partial charge in [0.1, 0.15) is 0 Å². The summed E-state index contributed by atoms with van der Waals surface area (Å²) >= 11 is 6.00. The molecule has 2 amide bonds. The number of rotatable bonds is 5. The number of nitrogens with zero attached hydrogens (tertiary/aromatic N) is 1. The van der Waals surface area contributed by atoms with Crippen molar-refractivity contribution in [3.05, 3.63) is 34.9 Å². The normalized spacial score (nSPS) is 22.6. The van der Waals surface area contributed by atoms with Crippen LogP contribution in [0.3, 0.4) is 0 Å². The molecular formula is C21H27ClN2O3. The van der Waals surface area contributed by atoms with Crippen LogP contribution >= 0.6 is 11.6 Å². The van der Waals surface area contributed by atoms with Crippen LogP contribution in [-0.4, -0.2) is 49.1 Å². The Balaban J connectivity index is 1.46. The van der Waals surface area contributed by atoms with Gasteiger partial charge in [0.2, 0.25) is 11.8 Å². The Bertz CT molecular complexity index is 690. The number of halogens is 1. The van der Waals surface area contributed by atoms with Gasteiger partial charge >= 0.3 is 0 Å². The number of likely N-dealkylation sites (tertiary alicyclic amines) is 1. The Morgan fingerprint density at radius 1 is 1.11 bits per heavy atom. The van der Waals surface area contributed by atoms with E-state index in [9.17, 15) is 9.59 Å². The van der Waals surface area contributed by atoms with Gasteiger partial charge in [-0.25, -0.2) is 0 Å². The highest BCUT2D eigenvalue weighted by Gasteiger charge is 2.52. The third-order valence-electron chi connectivity index (χ3n) is 6.25. The van der Waals surface area contributed by atoms with E-state index < -0.39 is 5.41 Å². The molecule has 0 aromatic heterocycles. The lowest BCUT2D eigenvalue weighted by atomic mass is 9.72. The molecule has 27 heavy (non-hydrogen) atoms. The Morgan fingerprint density at radius 2 is 1.78 bits per heavy atom. The number of ether oxygens (including phenoxy) is 1. The lowest BCUT2D eigenvalue weighted by Gasteiger charge is -2.51. The minimum absolute atomic E-state index is 0.0713. The molecule has 1 aromatic carbocycles. The van der Waals surface area contributed by atoms with E-state index in [0.717, 1.165) is 37.7 Å². The highest BCUT2D eigenvalue weighted by Crippen LogP contribution is 2.39. The second kappa shape index (κ2) is 7.80. The number of hydrogen-bond acceptors (Lipinski definition) is 3. The van der Waals surface area contributed by atoms with Crippen molar-refractivity contribution < 1.29 is 14.3 Å². The van der Waals surface area contributed by atoms with Gasteiger partial charge in [-0.15, -0.1) is 0 Å². The third kappa shape index (κ3) is 3.99. The molecule has 0 spiro atoms. The van der Waals surface area contributed by atoms with Crippen LogP contribution in [0.2, 0.25) is 5.02 Å². The molecule has 5 nitrogen and oxygen atoms in total. The van der Waals surface area contributed by atoms with Crippen LogP contribution in [-0.2, 0) is 20.7 Å². The summed E-state index contributed by atoms with van der Waals surface area (Å²) in [4.78, 5) is 27.6. The van der Waals surface area contributed by atoms with Crippen LogP contribution in [0.15, 0.2) is 24.3 Å². The summed E-state index contributed by atoms with van der Waals surface area (Å²) in [5, 5.41) is 3.92. The van der Waals surface area contributed by atoms with Gasteiger partial charge in [-0.05, 0) is 49.8 Å². The maximum atomic E-state index is 13.2. The van der Waals surface area contributed by atoms with Gasteiger partial charge in [0, 0.05) is 43.3 Å². The zero-order valence-electron chi connectivity index (χ0n) is 15.6. The monoisotopic (exact) mass is 390 g/mol. The third-order valence-corrected chi connectivity index (χ3v) is 6.50. The molecule has 1 saturated carbocycles. The van der Waals surface area contributed by atoms with Crippen LogP contribution < -0.4 is 5.32 Å². The van der Waals surface area contributed by atoms with Crippen molar-refractivity contribution in [1.82, 2.24) is 10.2 Å². The van der Waals surface area contributed by atoms with Crippen LogP contribution in [0.25, 0.3) is 0 Å². The molecule has 0 radical (unpaired) electrons. The molecule has 2 heterocycles. The minimum atomic E-state index is -0.536. The fraction of sp³-hybridized carbons (Fsp3) is 0.619. The summed E-state index contributed by atoms with van der Waals surface area (Å²) in [6, 6.07) is 7.84. The summed E-state index contributed by atoms with van der Waals surface area (Å²) in [7, 11) is 0. The van der Waals surface area contributed by atoms with E-state index in [1.165, 1.54) is 0 Å². The second-order valence-corrected chi connectivity index (χ2v) is 8.70. The Kier molecular flexibility index (Phi) is 5.42. The fourth-order valence-corrected chi connectivity index (χ4v) is 4.39. The van der Waals surface area contributed by atoms with Gasteiger partial charge in [0.25, 0.3) is 0 Å². The number of benzene rings is 1. The van der Waals surface area contributed by atoms with Crippen molar-refractivity contribution in [1.29, 1.82) is 0 Å². The molecule has 1 aliphatic carbocycles. The molecule has 1 aromatic rings. The van der Waals surface area contributed by atoms with Gasteiger partial charge in [-0.1, -0.05) is 30.2 Å². The van der Waals surface area contributed by atoms with Gasteiger partial charge in [-0.2, -0.15) is 0 Å². The molecule has 1 N–H and O–H groups in total. The molecule has 0 bridgehead atoms. The van der Waals surface area contributed by atoms with Crippen LogP contribution in [0.4, 0.5) is 0 Å². The van der Waals surface area contributed by atoms with Crippen molar-refractivity contribution in [3.8, 4) is 0 Å². The molecule has 4 rings (SSSR count). The van der Waals surface area contributed by atoms with Crippen molar-refractivity contribution in [2.45, 2.75) is 44.6 Å². The SMILES string of the molecule is O=C(C1CCC1)N1CC(Cc2ccc(Cl)cc2)(C(=O)NC2CCOCC2)C1.